The molecule has 0 spiro atoms. The van der Waals surface area contributed by atoms with E-state index in [-0.39, 0.29) is 11.9 Å². The number of aromatic nitrogens is 5. The highest BCUT2D eigenvalue weighted by Gasteiger charge is 2.30. The quantitative estimate of drug-likeness (QED) is 0.328. The van der Waals surface area contributed by atoms with Crippen LogP contribution in [0.2, 0.25) is 0 Å². The number of rotatable bonds is 6. The number of carbonyl (C=O) groups excluding carboxylic acids is 1. The van der Waals surface area contributed by atoms with E-state index in [0.717, 1.165) is 31.5 Å². The van der Waals surface area contributed by atoms with Gasteiger partial charge in [0.15, 0.2) is 0 Å². The molecule has 1 unspecified atom stereocenters. The summed E-state index contributed by atoms with van der Waals surface area (Å²) >= 11 is 7.10. The molecule has 35 heavy (non-hydrogen) atoms. The second-order valence-electron chi connectivity index (χ2n) is 8.54. The summed E-state index contributed by atoms with van der Waals surface area (Å²) in [6, 6.07) is 13.8. The van der Waals surface area contributed by atoms with E-state index in [4.69, 9.17) is 4.74 Å². The number of amides is 1. The van der Waals surface area contributed by atoms with Crippen molar-refractivity contribution in [1.82, 2.24) is 29.7 Å². The van der Waals surface area contributed by atoms with Gasteiger partial charge in [-0.2, -0.15) is 5.10 Å². The fraction of sp³-hybridized carbons (Fsp3) is 0.280. The van der Waals surface area contributed by atoms with Crippen molar-refractivity contribution in [3.63, 3.8) is 0 Å². The Labute approximate surface area is 220 Å². The van der Waals surface area contributed by atoms with E-state index in [9.17, 15) is 4.79 Å². The molecule has 8 nitrogen and oxygen atoms in total. The van der Waals surface area contributed by atoms with Crippen LogP contribution < -0.4 is 0 Å². The van der Waals surface area contributed by atoms with Crippen LogP contribution in [0.5, 0.6) is 0 Å². The summed E-state index contributed by atoms with van der Waals surface area (Å²) < 4.78 is 11.1. The molecule has 1 atom stereocenters. The number of aryl methyl sites for hydroxylation is 1. The maximum atomic E-state index is 13.4. The van der Waals surface area contributed by atoms with Crippen molar-refractivity contribution in [3.8, 4) is 5.69 Å². The molecule has 1 aliphatic rings. The number of carbonyl (C=O) groups is 1. The highest BCUT2D eigenvalue weighted by molar-refractivity contribution is 9.11. The van der Waals surface area contributed by atoms with Gasteiger partial charge in [0.2, 0.25) is 0 Å². The molecular weight excluding hydrogens is 576 g/mol. The molecule has 2 aromatic heterocycles. The summed E-state index contributed by atoms with van der Waals surface area (Å²) in [5.74, 6) is -0.0180. The Balaban J connectivity index is 1.27. The molecule has 4 aromatic rings. The summed E-state index contributed by atoms with van der Waals surface area (Å²) in [6.07, 6.45) is 6.19. The van der Waals surface area contributed by atoms with Crippen molar-refractivity contribution in [2.75, 3.05) is 19.8 Å². The number of ether oxygens (including phenoxy) is 1. The van der Waals surface area contributed by atoms with E-state index >= 15 is 0 Å². The maximum Gasteiger partial charge on any atom is 0.255 e. The molecule has 0 aliphatic carbocycles. The van der Waals surface area contributed by atoms with Crippen molar-refractivity contribution in [2.45, 2.75) is 25.9 Å². The standard InChI is InChI=1S/C25H24Br2N6O2/c1-17-11-24(27)22(13-23(17)26)25(34)32-9-10-35-16-21(32)12-19-15-31(30-29-19)14-18-3-5-20(6-4-18)33-8-2-7-28-33/h2-8,11,13,15,21H,9-10,12,14,16H2,1H3. The minimum atomic E-state index is -0.110. The topological polar surface area (TPSA) is 78.1 Å². The predicted molar refractivity (Wildman–Crippen MR) is 139 cm³/mol. The average molecular weight is 600 g/mol. The minimum absolute atomic E-state index is 0.0180. The summed E-state index contributed by atoms with van der Waals surface area (Å²) in [5.41, 5.74) is 4.66. The SMILES string of the molecule is Cc1cc(Br)c(C(=O)N2CCOCC2Cc2cn(Cc3ccc(-n4cccn4)cc3)nn2)cc1Br. The van der Waals surface area contributed by atoms with Crippen LogP contribution in [0, 0.1) is 6.92 Å². The van der Waals surface area contributed by atoms with Gasteiger partial charge in [-0.25, -0.2) is 9.36 Å². The van der Waals surface area contributed by atoms with Gasteiger partial charge >= 0.3 is 0 Å². The van der Waals surface area contributed by atoms with Crippen LogP contribution in [0.15, 0.2) is 70.0 Å². The lowest BCUT2D eigenvalue weighted by Gasteiger charge is -2.35. The van der Waals surface area contributed by atoms with Gasteiger partial charge in [0.25, 0.3) is 5.91 Å². The molecule has 10 heteroatoms. The number of nitrogens with zero attached hydrogens (tertiary/aromatic N) is 6. The fourth-order valence-corrected chi connectivity index (χ4v) is 5.14. The van der Waals surface area contributed by atoms with Crippen LogP contribution in [-0.2, 0) is 17.7 Å². The number of hydrogen-bond acceptors (Lipinski definition) is 5. The molecule has 180 valence electrons. The van der Waals surface area contributed by atoms with Gasteiger partial charge in [-0.15, -0.1) is 5.10 Å². The normalized spacial score (nSPS) is 16.0. The molecule has 0 bridgehead atoms. The largest absolute Gasteiger partial charge is 0.377 e. The highest BCUT2D eigenvalue weighted by Crippen LogP contribution is 2.28. The van der Waals surface area contributed by atoms with Crippen LogP contribution in [0.3, 0.4) is 0 Å². The van der Waals surface area contributed by atoms with Gasteiger partial charge < -0.3 is 9.64 Å². The van der Waals surface area contributed by atoms with Gasteiger partial charge in [0.05, 0.1) is 42.7 Å². The van der Waals surface area contributed by atoms with Crippen molar-refractivity contribution in [2.24, 2.45) is 0 Å². The zero-order valence-corrected chi connectivity index (χ0v) is 22.3. The number of halogens is 2. The molecule has 0 radical (unpaired) electrons. The van der Waals surface area contributed by atoms with Gasteiger partial charge in [0, 0.05) is 40.5 Å². The first kappa shape index (κ1) is 23.9. The maximum absolute atomic E-state index is 13.4. The molecule has 1 aliphatic heterocycles. The monoisotopic (exact) mass is 598 g/mol. The lowest BCUT2D eigenvalue weighted by Crippen LogP contribution is -2.49. The summed E-state index contributed by atoms with van der Waals surface area (Å²) in [5, 5.41) is 12.9. The van der Waals surface area contributed by atoms with E-state index in [1.165, 1.54) is 0 Å². The second-order valence-corrected chi connectivity index (χ2v) is 10.2. The number of morpholine rings is 1. The summed E-state index contributed by atoms with van der Waals surface area (Å²) in [7, 11) is 0. The third-order valence-corrected chi connectivity index (χ3v) is 7.56. The fourth-order valence-electron chi connectivity index (χ4n) is 4.17. The molecule has 5 rings (SSSR count). The first-order valence-corrected chi connectivity index (χ1v) is 12.9. The Morgan fingerprint density at radius 3 is 2.77 bits per heavy atom. The van der Waals surface area contributed by atoms with Crippen molar-refractivity contribution in [3.05, 3.63) is 92.4 Å². The first-order valence-electron chi connectivity index (χ1n) is 11.3. The van der Waals surface area contributed by atoms with Crippen molar-refractivity contribution in [1.29, 1.82) is 0 Å². The zero-order chi connectivity index (χ0) is 24.4. The van der Waals surface area contributed by atoms with Gasteiger partial charge in [-0.3, -0.25) is 4.79 Å². The van der Waals surface area contributed by atoms with Crippen molar-refractivity contribution >= 4 is 37.8 Å². The zero-order valence-electron chi connectivity index (χ0n) is 19.1. The molecule has 0 N–H and O–H groups in total. The van der Waals surface area contributed by atoms with Crippen LogP contribution in [0.25, 0.3) is 5.69 Å². The third-order valence-electron chi connectivity index (χ3n) is 6.05. The van der Waals surface area contributed by atoms with E-state index in [1.54, 1.807) is 6.20 Å². The van der Waals surface area contributed by atoms with E-state index in [1.807, 2.05) is 63.9 Å². The number of hydrogen-bond donors (Lipinski definition) is 0. The Morgan fingerprint density at radius 1 is 1.17 bits per heavy atom. The van der Waals surface area contributed by atoms with Crippen molar-refractivity contribution < 1.29 is 9.53 Å². The van der Waals surface area contributed by atoms with Gasteiger partial charge in [-0.1, -0.05) is 33.3 Å². The second kappa shape index (κ2) is 10.4. The van der Waals surface area contributed by atoms with E-state index in [2.05, 4.69) is 59.4 Å². The average Bonchev–Trinajstić information content (AvgIpc) is 3.55. The van der Waals surface area contributed by atoms with E-state index in [0.29, 0.717) is 38.3 Å². The molecule has 1 amide bonds. The van der Waals surface area contributed by atoms with Crippen LogP contribution in [0.1, 0.15) is 27.2 Å². The Kier molecular flexibility index (Phi) is 7.12. The van der Waals surface area contributed by atoms with Crippen LogP contribution in [0.4, 0.5) is 0 Å². The molecule has 1 saturated heterocycles. The van der Waals surface area contributed by atoms with Crippen LogP contribution >= 0.6 is 31.9 Å². The highest BCUT2D eigenvalue weighted by atomic mass is 79.9. The molecule has 0 saturated carbocycles. The third kappa shape index (κ3) is 5.39. The smallest absolute Gasteiger partial charge is 0.255 e. The Bertz CT molecular complexity index is 1320. The Morgan fingerprint density at radius 2 is 2.00 bits per heavy atom. The van der Waals surface area contributed by atoms with Crippen LogP contribution in [-0.4, -0.2) is 61.4 Å². The lowest BCUT2D eigenvalue weighted by molar-refractivity contribution is -0.00194. The molecular formula is C25H24Br2N6O2. The van der Waals surface area contributed by atoms with Gasteiger partial charge in [-0.05, 0) is 64.3 Å². The number of benzene rings is 2. The summed E-state index contributed by atoms with van der Waals surface area (Å²) in [4.78, 5) is 15.3. The van der Waals surface area contributed by atoms with E-state index < -0.39 is 0 Å². The Hall–Kier alpha value is -2.82. The predicted octanol–water partition coefficient (Wildman–Crippen LogP) is 4.43. The first-order chi connectivity index (χ1) is 17.0. The molecule has 3 heterocycles. The van der Waals surface area contributed by atoms with Gasteiger partial charge in [0.1, 0.15) is 0 Å². The molecule has 1 fully saturated rings. The summed E-state index contributed by atoms with van der Waals surface area (Å²) in [6.45, 7) is 4.14. The molecule has 2 aromatic carbocycles. The lowest BCUT2D eigenvalue weighted by atomic mass is 10.1. The minimum Gasteiger partial charge on any atom is -0.377 e.